The number of aliphatic imine (C=N–C) groups is 1. The van der Waals surface area contributed by atoms with Crippen molar-refractivity contribution in [3.8, 4) is 11.5 Å². The molecule has 0 spiro atoms. The molecule has 2 amide bonds. The number of fused-ring (bicyclic) bond motifs is 2. The fourth-order valence-electron chi connectivity index (χ4n) is 4.13. The molecule has 156 valence electrons. The van der Waals surface area contributed by atoms with Gasteiger partial charge in [0.25, 0.3) is 0 Å². The normalized spacial score (nSPS) is 17.5. The lowest BCUT2D eigenvalue weighted by Gasteiger charge is -2.24. The van der Waals surface area contributed by atoms with Crippen molar-refractivity contribution in [2.45, 2.75) is 25.8 Å². The Morgan fingerprint density at radius 3 is 2.80 bits per heavy atom. The lowest BCUT2D eigenvalue weighted by molar-refractivity contribution is -0.124. The maximum absolute atomic E-state index is 13.2. The lowest BCUT2D eigenvalue weighted by Crippen LogP contribution is -2.43. The molecule has 1 fully saturated rings. The zero-order valence-corrected chi connectivity index (χ0v) is 17.2. The summed E-state index contributed by atoms with van der Waals surface area (Å²) in [6, 6.07) is 13.0. The van der Waals surface area contributed by atoms with E-state index < -0.39 is 0 Å². The molecule has 0 bridgehead atoms. The van der Waals surface area contributed by atoms with Crippen molar-refractivity contribution in [3.63, 3.8) is 0 Å². The number of anilines is 1. The van der Waals surface area contributed by atoms with E-state index in [1.165, 1.54) is 0 Å². The van der Waals surface area contributed by atoms with Crippen LogP contribution in [-0.4, -0.2) is 38.3 Å². The summed E-state index contributed by atoms with van der Waals surface area (Å²) in [6.45, 7) is 0.218. The number of nitrogens with one attached hydrogen (secondary N) is 1. The SMILES string of the molecule is COc1cccc(CNC(=O)CN2C(=O)[C@@H]3CCCC3=Nc3ccccc32)c1OC. The van der Waals surface area contributed by atoms with Gasteiger partial charge in [0.1, 0.15) is 6.54 Å². The Bertz CT molecular complexity index is 1000. The van der Waals surface area contributed by atoms with E-state index in [4.69, 9.17) is 14.5 Å². The molecule has 2 aromatic rings. The van der Waals surface area contributed by atoms with Crippen molar-refractivity contribution in [3.05, 3.63) is 48.0 Å². The molecule has 1 aliphatic carbocycles. The van der Waals surface area contributed by atoms with Crippen LogP contribution in [0.25, 0.3) is 0 Å². The monoisotopic (exact) mass is 407 g/mol. The van der Waals surface area contributed by atoms with E-state index in [1.54, 1.807) is 25.2 Å². The molecule has 0 aromatic heterocycles. The van der Waals surface area contributed by atoms with Gasteiger partial charge < -0.3 is 19.7 Å². The first kappa shape index (κ1) is 19.9. The molecule has 1 N–H and O–H groups in total. The molecular weight excluding hydrogens is 382 g/mol. The highest BCUT2D eigenvalue weighted by Crippen LogP contribution is 2.37. The van der Waals surface area contributed by atoms with E-state index in [9.17, 15) is 9.59 Å². The van der Waals surface area contributed by atoms with Crippen LogP contribution in [0, 0.1) is 5.92 Å². The summed E-state index contributed by atoms with van der Waals surface area (Å²) in [7, 11) is 3.14. The van der Waals surface area contributed by atoms with Crippen LogP contribution in [0.5, 0.6) is 11.5 Å². The Morgan fingerprint density at radius 2 is 2.00 bits per heavy atom. The highest BCUT2D eigenvalue weighted by Gasteiger charge is 2.37. The average molecular weight is 407 g/mol. The number of carbonyl (C=O) groups is 2. The summed E-state index contributed by atoms with van der Waals surface area (Å²) in [5, 5.41) is 2.90. The number of amides is 2. The fraction of sp³-hybridized carbons (Fsp3) is 0.348. The van der Waals surface area contributed by atoms with Gasteiger partial charge in [-0.15, -0.1) is 0 Å². The predicted octanol–water partition coefficient (Wildman–Crippen LogP) is 3.24. The van der Waals surface area contributed by atoms with Gasteiger partial charge in [-0.1, -0.05) is 24.3 Å². The number of ether oxygens (including phenoxy) is 2. The second-order valence-electron chi connectivity index (χ2n) is 7.39. The number of hydrogen-bond acceptors (Lipinski definition) is 5. The van der Waals surface area contributed by atoms with Crippen LogP contribution in [0.15, 0.2) is 47.5 Å². The molecule has 0 radical (unpaired) electrons. The summed E-state index contributed by atoms with van der Waals surface area (Å²) in [6.07, 6.45) is 2.57. The zero-order chi connectivity index (χ0) is 21.1. The first-order valence-corrected chi connectivity index (χ1v) is 10.1. The molecular formula is C23H25N3O4. The van der Waals surface area contributed by atoms with Gasteiger partial charge in [0.2, 0.25) is 11.8 Å². The molecule has 7 heteroatoms. The van der Waals surface area contributed by atoms with E-state index in [2.05, 4.69) is 5.32 Å². The number of nitrogens with zero attached hydrogens (tertiary/aromatic N) is 2. The molecule has 1 aliphatic heterocycles. The number of para-hydroxylation sites is 3. The highest BCUT2D eigenvalue weighted by molar-refractivity contribution is 6.16. The lowest BCUT2D eigenvalue weighted by atomic mass is 10.1. The third kappa shape index (κ3) is 3.75. The molecule has 4 rings (SSSR count). The van der Waals surface area contributed by atoms with Crippen molar-refractivity contribution in [1.82, 2.24) is 5.32 Å². The Kier molecular flexibility index (Phi) is 5.70. The summed E-state index contributed by atoms with van der Waals surface area (Å²) < 4.78 is 10.7. The van der Waals surface area contributed by atoms with Gasteiger partial charge in [-0.25, -0.2) is 0 Å². The van der Waals surface area contributed by atoms with Crippen LogP contribution in [-0.2, 0) is 16.1 Å². The Morgan fingerprint density at radius 1 is 1.17 bits per heavy atom. The summed E-state index contributed by atoms with van der Waals surface area (Å²) in [4.78, 5) is 32.3. The van der Waals surface area contributed by atoms with Gasteiger partial charge >= 0.3 is 0 Å². The third-order valence-electron chi connectivity index (χ3n) is 5.59. The smallest absolute Gasteiger partial charge is 0.240 e. The van der Waals surface area contributed by atoms with E-state index in [0.29, 0.717) is 17.2 Å². The predicted molar refractivity (Wildman–Crippen MR) is 115 cm³/mol. The van der Waals surface area contributed by atoms with E-state index in [0.717, 1.165) is 36.2 Å². The number of methoxy groups -OCH3 is 2. The number of carbonyl (C=O) groups excluding carboxylic acids is 2. The highest BCUT2D eigenvalue weighted by atomic mass is 16.5. The maximum Gasteiger partial charge on any atom is 0.240 e. The summed E-state index contributed by atoms with van der Waals surface area (Å²) >= 11 is 0. The minimum absolute atomic E-state index is 0.0506. The summed E-state index contributed by atoms with van der Waals surface area (Å²) in [5.74, 6) is 0.658. The van der Waals surface area contributed by atoms with E-state index in [1.807, 2.05) is 36.4 Å². The number of rotatable bonds is 6. The average Bonchev–Trinajstić information content (AvgIpc) is 3.20. The number of benzene rings is 2. The molecule has 7 nitrogen and oxygen atoms in total. The minimum Gasteiger partial charge on any atom is -0.493 e. The maximum atomic E-state index is 13.2. The molecule has 1 saturated carbocycles. The molecule has 0 saturated heterocycles. The van der Waals surface area contributed by atoms with Gasteiger partial charge in [-0.05, 0) is 37.5 Å². The first-order chi connectivity index (χ1) is 14.6. The molecule has 2 aliphatic rings. The van der Waals surface area contributed by atoms with Crippen molar-refractivity contribution in [2.75, 3.05) is 25.7 Å². The fourth-order valence-corrected chi connectivity index (χ4v) is 4.13. The molecule has 30 heavy (non-hydrogen) atoms. The first-order valence-electron chi connectivity index (χ1n) is 10.1. The van der Waals surface area contributed by atoms with Gasteiger partial charge in [0, 0.05) is 17.8 Å². The standard InChI is InChI=1S/C23H25N3O4/c1-29-20-12-5-7-15(22(20)30-2)13-24-21(27)14-26-19-11-4-3-9-18(19)25-17-10-6-8-16(17)23(26)28/h3-5,7,9,11-12,16H,6,8,10,13-14H2,1-2H3,(H,24,27)/t16-/m1/s1. The second-order valence-corrected chi connectivity index (χ2v) is 7.39. The van der Waals surface area contributed by atoms with Gasteiger partial charge in [0.05, 0.1) is 31.5 Å². The minimum atomic E-state index is -0.246. The van der Waals surface area contributed by atoms with Crippen LogP contribution in [0.3, 0.4) is 0 Å². The Balaban J connectivity index is 1.51. The van der Waals surface area contributed by atoms with Crippen LogP contribution in [0.4, 0.5) is 11.4 Å². The van der Waals surface area contributed by atoms with Gasteiger partial charge in [-0.3, -0.25) is 14.6 Å². The van der Waals surface area contributed by atoms with Crippen LogP contribution >= 0.6 is 0 Å². The van der Waals surface area contributed by atoms with Crippen molar-refractivity contribution in [1.29, 1.82) is 0 Å². The van der Waals surface area contributed by atoms with Crippen molar-refractivity contribution < 1.29 is 19.1 Å². The second kappa shape index (κ2) is 8.57. The zero-order valence-electron chi connectivity index (χ0n) is 17.2. The van der Waals surface area contributed by atoms with Crippen LogP contribution in [0.2, 0.25) is 0 Å². The summed E-state index contributed by atoms with van der Waals surface area (Å²) in [5.41, 5.74) is 3.15. The molecule has 1 atom stereocenters. The van der Waals surface area contributed by atoms with E-state index >= 15 is 0 Å². The third-order valence-corrected chi connectivity index (χ3v) is 5.59. The molecule has 2 aromatic carbocycles. The van der Waals surface area contributed by atoms with E-state index in [-0.39, 0.29) is 30.8 Å². The van der Waals surface area contributed by atoms with Gasteiger partial charge in [0.15, 0.2) is 11.5 Å². The topological polar surface area (TPSA) is 80.2 Å². The van der Waals surface area contributed by atoms with Gasteiger partial charge in [-0.2, -0.15) is 0 Å². The van der Waals surface area contributed by atoms with Crippen LogP contribution < -0.4 is 19.7 Å². The molecule has 0 unspecified atom stereocenters. The molecule has 1 heterocycles. The Labute approximate surface area is 175 Å². The Hall–Kier alpha value is -3.35. The van der Waals surface area contributed by atoms with Crippen molar-refractivity contribution >= 4 is 28.9 Å². The van der Waals surface area contributed by atoms with Crippen molar-refractivity contribution in [2.24, 2.45) is 10.9 Å². The van der Waals surface area contributed by atoms with Crippen LogP contribution in [0.1, 0.15) is 24.8 Å². The quantitative estimate of drug-likeness (QED) is 0.797. The number of hydrogen-bond donors (Lipinski definition) is 1. The largest absolute Gasteiger partial charge is 0.493 e.